The number of carboxylic acid groups (broad SMARTS) is 1. The van der Waals surface area contributed by atoms with Crippen LogP contribution in [0, 0.1) is 11.3 Å². The lowest BCUT2D eigenvalue weighted by molar-refractivity contribution is -0.136. The molecule has 4 heteroatoms. The van der Waals surface area contributed by atoms with Gasteiger partial charge in [-0.1, -0.05) is 55.8 Å². The molecule has 4 nitrogen and oxygen atoms in total. The molecule has 0 bridgehead atoms. The van der Waals surface area contributed by atoms with E-state index in [9.17, 15) is 10.1 Å². The molecule has 0 spiro atoms. The lowest BCUT2D eigenvalue weighted by atomic mass is 9.99. The molecule has 0 atom stereocenters. The zero-order valence-electron chi connectivity index (χ0n) is 16.1. The highest BCUT2D eigenvalue weighted by Crippen LogP contribution is 2.24. The van der Waals surface area contributed by atoms with Gasteiger partial charge in [-0.3, -0.25) is 4.79 Å². The molecular weight excluding hydrogens is 348 g/mol. The van der Waals surface area contributed by atoms with Crippen molar-refractivity contribution < 1.29 is 9.90 Å². The molecule has 0 aliphatic carbocycles. The molecule has 0 aliphatic heterocycles. The summed E-state index contributed by atoms with van der Waals surface area (Å²) in [6.45, 7) is 2.90. The number of hydrogen-bond donors (Lipinski definition) is 1. The first kappa shape index (κ1) is 19.4. The maximum absolute atomic E-state index is 10.8. The van der Waals surface area contributed by atoms with Gasteiger partial charge in [0, 0.05) is 24.9 Å². The van der Waals surface area contributed by atoms with Crippen molar-refractivity contribution in [3.63, 3.8) is 0 Å². The van der Waals surface area contributed by atoms with Crippen molar-refractivity contribution in [1.82, 2.24) is 4.57 Å². The third kappa shape index (κ3) is 4.69. The fourth-order valence-electron chi connectivity index (χ4n) is 3.44. The quantitative estimate of drug-likeness (QED) is 0.602. The van der Waals surface area contributed by atoms with Crippen molar-refractivity contribution >= 4 is 5.97 Å². The van der Waals surface area contributed by atoms with Crippen LogP contribution < -0.4 is 0 Å². The van der Waals surface area contributed by atoms with E-state index in [0.717, 1.165) is 36.1 Å². The lowest BCUT2D eigenvalue weighted by Crippen LogP contribution is -2.03. The van der Waals surface area contributed by atoms with Crippen molar-refractivity contribution in [2.24, 2.45) is 0 Å². The Bertz CT molecular complexity index is 994. The van der Waals surface area contributed by atoms with Crippen LogP contribution in [0.1, 0.15) is 42.1 Å². The molecule has 142 valence electrons. The fourth-order valence-corrected chi connectivity index (χ4v) is 3.44. The van der Waals surface area contributed by atoms with Crippen LogP contribution >= 0.6 is 0 Å². The molecule has 3 aromatic rings. The second kappa shape index (κ2) is 9.05. The largest absolute Gasteiger partial charge is 0.481 e. The van der Waals surface area contributed by atoms with Crippen molar-refractivity contribution in [2.45, 2.75) is 39.2 Å². The summed E-state index contributed by atoms with van der Waals surface area (Å²) in [5.41, 5.74) is 6.14. The van der Waals surface area contributed by atoms with Crippen LogP contribution in [-0.2, 0) is 24.2 Å². The molecule has 1 heterocycles. The van der Waals surface area contributed by atoms with Crippen LogP contribution in [0.25, 0.3) is 11.1 Å². The van der Waals surface area contributed by atoms with Crippen molar-refractivity contribution in [3.05, 3.63) is 83.2 Å². The smallest absolute Gasteiger partial charge is 0.303 e. The van der Waals surface area contributed by atoms with Crippen LogP contribution in [0.2, 0.25) is 0 Å². The first-order chi connectivity index (χ1) is 13.6. The average Bonchev–Trinajstić information content (AvgIpc) is 3.08. The Morgan fingerprint density at radius 1 is 1.07 bits per heavy atom. The number of nitriles is 1. The van der Waals surface area contributed by atoms with Gasteiger partial charge in [-0.05, 0) is 47.2 Å². The molecule has 1 aromatic heterocycles. The minimum Gasteiger partial charge on any atom is -0.481 e. The monoisotopic (exact) mass is 372 g/mol. The minimum absolute atomic E-state index is 0.155. The van der Waals surface area contributed by atoms with Gasteiger partial charge in [-0.2, -0.15) is 5.26 Å². The molecule has 0 amide bonds. The third-order valence-corrected chi connectivity index (χ3v) is 4.84. The number of carbonyl (C=O) groups is 1. The standard InChI is InChI=1S/C24H24N2O2/c1-2-5-22-14-19(10-13-24(27)28)17-26(22)16-18-8-11-20(12-9-18)23-7-4-3-6-21(23)15-25/h3-4,6-9,11-12,14,17H,2,5,10,13,16H2,1H3,(H,27,28). The number of rotatable bonds is 8. The molecule has 0 saturated carbocycles. The maximum atomic E-state index is 10.8. The van der Waals surface area contributed by atoms with E-state index < -0.39 is 5.97 Å². The normalized spacial score (nSPS) is 10.6. The molecule has 0 fully saturated rings. The van der Waals surface area contributed by atoms with Crippen LogP contribution in [0.15, 0.2) is 60.8 Å². The number of aliphatic carboxylic acids is 1. The van der Waals surface area contributed by atoms with Crippen molar-refractivity contribution in [2.75, 3.05) is 0 Å². The van der Waals surface area contributed by atoms with E-state index in [4.69, 9.17) is 5.11 Å². The molecule has 28 heavy (non-hydrogen) atoms. The summed E-state index contributed by atoms with van der Waals surface area (Å²) in [5.74, 6) is -0.766. The number of carboxylic acids is 1. The van der Waals surface area contributed by atoms with E-state index >= 15 is 0 Å². The highest BCUT2D eigenvalue weighted by Gasteiger charge is 2.09. The van der Waals surface area contributed by atoms with E-state index in [0.29, 0.717) is 12.0 Å². The van der Waals surface area contributed by atoms with Gasteiger partial charge < -0.3 is 9.67 Å². The Labute approximate surface area is 165 Å². The Hall–Kier alpha value is -3.32. The van der Waals surface area contributed by atoms with Gasteiger partial charge in [0.1, 0.15) is 0 Å². The number of benzene rings is 2. The Balaban J connectivity index is 1.80. The lowest BCUT2D eigenvalue weighted by Gasteiger charge is -2.10. The first-order valence-corrected chi connectivity index (χ1v) is 9.59. The molecule has 3 rings (SSSR count). The van der Waals surface area contributed by atoms with Gasteiger partial charge in [0.15, 0.2) is 0 Å². The number of hydrogen-bond acceptors (Lipinski definition) is 2. The Morgan fingerprint density at radius 3 is 2.50 bits per heavy atom. The molecule has 0 saturated heterocycles. The summed E-state index contributed by atoms with van der Waals surface area (Å²) in [7, 11) is 0. The topological polar surface area (TPSA) is 66.0 Å². The van der Waals surface area contributed by atoms with Crippen LogP contribution in [-0.4, -0.2) is 15.6 Å². The molecular formula is C24H24N2O2. The molecule has 0 unspecified atom stereocenters. The molecule has 0 radical (unpaired) electrons. The first-order valence-electron chi connectivity index (χ1n) is 9.59. The van der Waals surface area contributed by atoms with E-state index in [-0.39, 0.29) is 6.42 Å². The fraction of sp³-hybridized carbons (Fsp3) is 0.250. The third-order valence-electron chi connectivity index (χ3n) is 4.84. The van der Waals surface area contributed by atoms with Crippen molar-refractivity contribution in [1.29, 1.82) is 5.26 Å². The van der Waals surface area contributed by atoms with Gasteiger partial charge in [-0.25, -0.2) is 0 Å². The number of nitrogens with zero attached hydrogens (tertiary/aromatic N) is 2. The zero-order valence-corrected chi connectivity index (χ0v) is 16.1. The Kier molecular flexibility index (Phi) is 6.29. The summed E-state index contributed by atoms with van der Waals surface area (Å²) in [5, 5.41) is 18.2. The number of aromatic nitrogens is 1. The van der Waals surface area contributed by atoms with Crippen molar-refractivity contribution in [3.8, 4) is 17.2 Å². The summed E-state index contributed by atoms with van der Waals surface area (Å²) in [4.78, 5) is 10.8. The van der Waals surface area contributed by atoms with E-state index in [1.165, 1.54) is 11.3 Å². The molecule has 1 N–H and O–H groups in total. The van der Waals surface area contributed by atoms with Crippen LogP contribution in [0.3, 0.4) is 0 Å². The zero-order chi connectivity index (χ0) is 19.9. The summed E-state index contributed by atoms with van der Waals surface area (Å²) >= 11 is 0. The van der Waals surface area contributed by atoms with Gasteiger partial charge in [0.25, 0.3) is 0 Å². The van der Waals surface area contributed by atoms with E-state index in [1.807, 2.05) is 24.3 Å². The SMILES string of the molecule is CCCc1cc(CCC(=O)O)cn1Cc1ccc(-c2ccccc2C#N)cc1. The number of aryl methyl sites for hydroxylation is 2. The van der Waals surface area contributed by atoms with Gasteiger partial charge >= 0.3 is 5.97 Å². The predicted molar refractivity (Wildman–Crippen MR) is 110 cm³/mol. The maximum Gasteiger partial charge on any atom is 0.303 e. The highest BCUT2D eigenvalue weighted by molar-refractivity contribution is 5.70. The van der Waals surface area contributed by atoms with Gasteiger partial charge in [0.2, 0.25) is 0 Å². The average molecular weight is 372 g/mol. The highest BCUT2D eigenvalue weighted by atomic mass is 16.4. The Morgan fingerprint density at radius 2 is 1.82 bits per heavy atom. The van der Waals surface area contributed by atoms with Gasteiger partial charge in [0.05, 0.1) is 11.6 Å². The second-order valence-electron chi connectivity index (χ2n) is 6.97. The summed E-state index contributed by atoms with van der Waals surface area (Å²) in [6.07, 6.45) is 4.81. The van der Waals surface area contributed by atoms with E-state index in [2.05, 4.69) is 54.1 Å². The van der Waals surface area contributed by atoms with E-state index in [1.54, 1.807) is 0 Å². The molecule has 0 aliphatic rings. The molecule has 2 aromatic carbocycles. The van der Waals surface area contributed by atoms with Gasteiger partial charge in [-0.15, -0.1) is 0 Å². The van der Waals surface area contributed by atoms with Crippen LogP contribution in [0.4, 0.5) is 0 Å². The van der Waals surface area contributed by atoms with Crippen LogP contribution in [0.5, 0.6) is 0 Å². The minimum atomic E-state index is -0.766. The summed E-state index contributed by atoms with van der Waals surface area (Å²) < 4.78 is 2.22. The summed E-state index contributed by atoms with van der Waals surface area (Å²) in [6, 6.07) is 20.3. The second-order valence-corrected chi connectivity index (χ2v) is 6.97. The predicted octanol–water partition coefficient (Wildman–Crippen LogP) is 5.04.